The van der Waals surface area contributed by atoms with E-state index in [9.17, 15) is 48.6 Å². The summed E-state index contributed by atoms with van der Waals surface area (Å²) < 4.78 is 34.2. The Morgan fingerprint density at radius 1 is 0.465 bits per heavy atom. The van der Waals surface area contributed by atoms with Crippen molar-refractivity contribution >= 4 is 47.3 Å². The summed E-state index contributed by atoms with van der Waals surface area (Å²) in [7, 11) is 18.3. The van der Waals surface area contributed by atoms with Crippen molar-refractivity contribution in [2.75, 3.05) is 149 Å². The molecule has 0 aliphatic heterocycles. The number of carbonyl (C=O) groups excluding carboxylic acids is 6. The summed E-state index contributed by atoms with van der Waals surface area (Å²) in [5.74, 6) is -0.776. The first-order valence-corrected chi connectivity index (χ1v) is 47.1. The molecule has 5 amide bonds. The molecule has 4 aromatic carbocycles. The molecule has 30 heteroatoms. The van der Waals surface area contributed by atoms with Crippen LogP contribution in [0.25, 0.3) is 33.9 Å². The van der Waals surface area contributed by atoms with Gasteiger partial charge in [-0.05, 0) is 333 Å². The van der Waals surface area contributed by atoms with Crippen molar-refractivity contribution in [1.29, 1.82) is 0 Å². The lowest BCUT2D eigenvalue weighted by atomic mass is 9.48. The fourth-order valence-electron chi connectivity index (χ4n) is 22.3. The maximum atomic E-state index is 14.7. The second-order valence-electron chi connectivity index (χ2n) is 38.6. The van der Waals surface area contributed by atoms with Gasteiger partial charge in [-0.1, -0.05) is 59.1 Å². The zero-order valence-corrected chi connectivity index (χ0v) is 78.7. The molecule has 0 spiro atoms. The number of methoxy groups -OCH3 is 4. The van der Waals surface area contributed by atoms with Crippen LogP contribution in [0, 0.1) is 47.3 Å². The Labute approximate surface area is 763 Å². The van der Waals surface area contributed by atoms with E-state index in [0.29, 0.717) is 144 Å². The smallest absolute Gasteiger partial charge is 0.330 e. The van der Waals surface area contributed by atoms with Crippen LogP contribution < -0.4 is 51.7 Å². The van der Waals surface area contributed by atoms with E-state index in [4.69, 9.17) is 36.3 Å². The first-order valence-electron chi connectivity index (χ1n) is 47.6. The van der Waals surface area contributed by atoms with Gasteiger partial charge in [-0.15, -0.1) is 0 Å². The highest BCUT2D eigenvalue weighted by Gasteiger charge is 2.64. The van der Waals surface area contributed by atoms with E-state index in [0.717, 1.165) is 166 Å². The summed E-state index contributed by atoms with van der Waals surface area (Å²) in [5, 5.41) is 44.8. The molecule has 8 saturated carbocycles. The van der Waals surface area contributed by atoms with Gasteiger partial charge in [0.25, 0.3) is 23.6 Å². The molecule has 8 fully saturated rings. The predicted molar refractivity (Wildman–Crippen MR) is 499 cm³/mol. The zero-order chi connectivity index (χ0) is 93.4. The van der Waals surface area contributed by atoms with Gasteiger partial charge in [0.2, 0.25) is 5.91 Å². The summed E-state index contributed by atoms with van der Waals surface area (Å²) in [5.41, 5.74) is 11.6. The van der Waals surface area contributed by atoms with Crippen LogP contribution >= 0.6 is 0 Å². The number of aliphatic carboxylic acids is 2. The number of unbranched alkanes of at least 4 members (excludes halogenated alkanes) is 3. The van der Waals surface area contributed by atoms with Gasteiger partial charge >= 0.3 is 11.9 Å². The standard InChI is InChI=1S/C99H144N16O14/c1-62(2)74-56-68(32-34-80(74)114-82(89-85(126-11)28-20-29-86(89)127-12)58-78(106-114)92(118)104-98(96(122)123)70-48-64-46-65(50-70)51-71(98)49-64)94(120)112(9)44-24-41-109(6)39-22-38-108(5)37-19-15-16-26-76(84(116)60-102-77(91(101)117)27-17-18-36-100)103-61-111(8)43-23-40-110(7)42-25-45-113(10)95(121)69-33-35-81(75(57-69)63(3)4)115-83(90-87(128-13)30-21-31-88(90)129-14)59-79(107-115)93(119)105-99(97(124)125)72-52-66-47-67(54-72)55-73(99)53-66/h20-21,28-35,56-59,62-67,70-73,76-77,102-103H,15-19,22-27,36-55,60-61,100H2,1-14H3,(H2,101,117)(H,104,118)(H,105,119)(H,122,123)(H,124,125)/i/hD. The molecule has 2 heterocycles. The normalized spacial score (nSPS) is 21.8. The minimum Gasteiger partial charge on any atom is -0.496 e. The number of hydrogen-bond donors (Lipinski definition) is 8. The molecule has 2 aromatic heterocycles. The zero-order valence-electron chi connectivity index (χ0n) is 79.7. The van der Waals surface area contributed by atoms with Crippen LogP contribution in [-0.4, -0.2) is 279 Å². The number of amides is 5. The molecule has 8 bridgehead atoms. The largest absolute Gasteiger partial charge is 0.496 e. The van der Waals surface area contributed by atoms with Crippen molar-refractivity contribution in [2.45, 2.75) is 198 Å². The lowest BCUT2D eigenvalue weighted by Gasteiger charge is -2.59. The topological polar surface area (TPSA) is 369 Å². The number of benzene rings is 4. The van der Waals surface area contributed by atoms with Crippen molar-refractivity contribution in [3.8, 4) is 56.9 Å². The summed E-state index contributed by atoms with van der Waals surface area (Å²) in [4.78, 5) is 124. The Morgan fingerprint density at radius 3 is 1.19 bits per heavy atom. The number of Topliss-reactive ketones (excluding diaryl/α,β-unsaturated/α-hetero) is 1. The summed E-state index contributed by atoms with van der Waals surface area (Å²) in [6, 6.07) is 24.2. The number of hydrogen-bond acceptors (Lipinski definition) is 21. The monoisotopic (exact) mass is 1780 g/mol. The third kappa shape index (κ3) is 22.7. The van der Waals surface area contributed by atoms with Crippen molar-refractivity contribution in [1.82, 2.24) is 70.2 Å². The molecule has 8 aliphatic rings. The molecule has 2 unspecified atom stereocenters. The Morgan fingerprint density at radius 2 is 0.829 bits per heavy atom. The fraction of sp³-hybridized carbons (Fsp3) is 0.616. The number of ketones is 1. The van der Waals surface area contributed by atoms with E-state index in [-0.39, 0.29) is 71.0 Å². The quantitative estimate of drug-likeness (QED) is 0.0130. The number of aromatic nitrogens is 4. The van der Waals surface area contributed by atoms with Crippen molar-refractivity contribution in [3.05, 3.63) is 119 Å². The average molecular weight is 1780 g/mol. The number of primary amides is 1. The molecule has 0 radical (unpaired) electrons. The van der Waals surface area contributed by atoms with Gasteiger partial charge in [0, 0.05) is 51.5 Å². The molecule has 0 saturated heterocycles. The molecule has 10 N–H and O–H groups in total. The lowest BCUT2D eigenvalue weighted by Crippen LogP contribution is -2.70. The molecule has 30 nitrogen and oxygen atoms in total. The lowest BCUT2D eigenvalue weighted by molar-refractivity contribution is -0.164. The number of carboxylic acid groups (broad SMARTS) is 2. The van der Waals surface area contributed by atoms with Crippen LogP contribution in [0.2, 0.25) is 1.41 Å². The summed E-state index contributed by atoms with van der Waals surface area (Å²) in [6.45, 7) is 16.0. The Bertz CT molecular complexity index is 4810. The minimum absolute atomic E-state index is 0.00501. The second-order valence-corrected chi connectivity index (χ2v) is 38.6. The maximum absolute atomic E-state index is 14.7. The number of nitrogens with one attached hydrogen (secondary N) is 4. The number of carboxylic acids is 2. The number of rotatable bonds is 53. The van der Waals surface area contributed by atoms with Gasteiger partial charge in [-0.25, -0.2) is 19.0 Å². The van der Waals surface area contributed by atoms with E-state index in [1.807, 2.05) is 110 Å². The predicted octanol–water partition coefficient (Wildman–Crippen LogP) is 11.4. The van der Waals surface area contributed by atoms with Gasteiger partial charge in [0.1, 0.15) is 35.5 Å². The molecule has 6 aromatic rings. The number of nitrogens with two attached hydrogens (primary N) is 2. The highest BCUT2D eigenvalue weighted by atomic mass is 16.5. The molecule has 2 atom stereocenters. The first kappa shape index (κ1) is 96.7. The Kier molecular flexibility index (Phi) is 33.3. The van der Waals surface area contributed by atoms with E-state index in [2.05, 4.69) is 67.7 Å². The summed E-state index contributed by atoms with van der Waals surface area (Å²) >= 11 is 0. The van der Waals surface area contributed by atoms with E-state index in [1.54, 1.807) is 71.9 Å². The van der Waals surface area contributed by atoms with Gasteiger partial charge < -0.3 is 75.8 Å². The molecular weight excluding hydrogens is 1640 g/mol. The van der Waals surface area contributed by atoms with E-state index in [1.165, 1.54) is 0 Å². The highest BCUT2D eigenvalue weighted by molar-refractivity contribution is 6.00. The van der Waals surface area contributed by atoms with Crippen molar-refractivity contribution in [3.63, 3.8) is 0 Å². The molecular formula is C99H144N16O14. The van der Waals surface area contributed by atoms with Crippen LogP contribution in [0.15, 0.2) is 84.9 Å². The first-order chi connectivity index (χ1) is 62.3. The van der Waals surface area contributed by atoms with Crippen LogP contribution in [0.5, 0.6) is 23.0 Å². The van der Waals surface area contributed by atoms with Crippen LogP contribution in [0.1, 0.15) is 227 Å². The van der Waals surface area contributed by atoms with Crippen LogP contribution in [-0.2, 0) is 19.2 Å². The molecule has 8 aliphatic carbocycles. The number of nitrogens with zero attached hydrogens (tertiary/aromatic N) is 10. The third-order valence-electron chi connectivity index (χ3n) is 28.9. The average Bonchev–Trinajstić information content (AvgIpc) is 0.800. The second kappa shape index (κ2) is 44.4. The van der Waals surface area contributed by atoms with E-state index < -0.39 is 52.8 Å². The number of ether oxygens (including phenoxy) is 4. The fourth-order valence-corrected chi connectivity index (χ4v) is 22.3. The van der Waals surface area contributed by atoms with Crippen LogP contribution in [0.3, 0.4) is 0 Å². The van der Waals surface area contributed by atoms with Crippen LogP contribution in [0.4, 0.5) is 0 Å². The molecule has 704 valence electrons. The minimum atomic E-state index is -1.38. The van der Waals surface area contributed by atoms with Gasteiger partial charge in [0.15, 0.2) is 17.2 Å². The number of carbonyl (C=O) groups is 8. The van der Waals surface area contributed by atoms with Crippen molar-refractivity contribution in [2.24, 2.45) is 58.8 Å². The van der Waals surface area contributed by atoms with Gasteiger partial charge in [0.05, 0.1) is 81.0 Å². The van der Waals surface area contributed by atoms with Gasteiger partial charge in [-0.3, -0.25) is 44.3 Å². The summed E-state index contributed by atoms with van der Waals surface area (Å²) in [6.07, 6.45) is 17.1. The van der Waals surface area contributed by atoms with Gasteiger partial charge in [-0.2, -0.15) is 10.2 Å². The molecule has 14 rings (SSSR count). The van der Waals surface area contributed by atoms with Crippen molar-refractivity contribution < 1.29 is 68.9 Å². The Balaban J connectivity index is 0.583. The Hall–Kier alpha value is -9.82. The third-order valence-corrected chi connectivity index (χ3v) is 28.9. The highest BCUT2D eigenvalue weighted by Crippen LogP contribution is 2.60. The molecule has 129 heavy (non-hydrogen) atoms. The SMILES string of the molecule is [2H]NCCCCC(NCC(=O)C(CCCCCN(C)CCCN(C)CCCN(C)C(=O)c1ccc(-n2nc(C(=O)NC3(C(=O)O)C4CC5CC(C4)CC3C5)cc2-c2c(OC)cccc2OC)c(C(C)C)c1)NCN(C)CCCN(C)CCCN(C)C(=O)c1ccc(-n2nc(C(=O)NC3(C(=O)O)C4CC5CC(C4)CC3C5)cc2-c2c(OC)cccc2OC)c(C(C)C)c1)C(N)=O. The maximum Gasteiger partial charge on any atom is 0.330 e. The van der Waals surface area contributed by atoms with E-state index >= 15 is 0 Å².